The first-order valence-corrected chi connectivity index (χ1v) is 3.07. The number of hydrogen-bond acceptors (Lipinski definition) is 1. The van der Waals surface area contributed by atoms with E-state index in [9.17, 15) is 0 Å². The largest absolute Gasteiger partial charge is 0.0890 e. The van der Waals surface area contributed by atoms with E-state index >= 15 is 0 Å². The molecule has 0 amide bonds. The lowest BCUT2D eigenvalue weighted by molar-refractivity contribution is 0.737. The topological polar surface area (TPSA) is 0 Å². The Hall–Kier alpha value is 0.0900. The highest BCUT2D eigenvalue weighted by atomic mass is 32.1. The van der Waals surface area contributed by atoms with Crippen LogP contribution in [0, 0.1) is 6.42 Å². The third-order valence-corrected chi connectivity index (χ3v) is 1.50. The second-order valence-corrected chi connectivity index (χ2v) is 2.30. The zero-order valence-corrected chi connectivity index (χ0v) is 5.05. The second-order valence-electron chi connectivity index (χ2n) is 1.81. The van der Waals surface area contributed by atoms with Crippen molar-refractivity contribution in [2.75, 3.05) is 0 Å². The maximum Gasteiger partial charge on any atom is 0.0238 e. The van der Waals surface area contributed by atoms with Crippen molar-refractivity contribution in [1.29, 1.82) is 0 Å². The van der Waals surface area contributed by atoms with Gasteiger partial charge in [0.1, 0.15) is 0 Å². The van der Waals surface area contributed by atoms with Crippen molar-refractivity contribution in [2.45, 2.75) is 25.7 Å². The summed E-state index contributed by atoms with van der Waals surface area (Å²) in [7, 11) is 0. The van der Waals surface area contributed by atoms with Crippen LogP contribution in [-0.2, 0) is 0 Å². The fourth-order valence-corrected chi connectivity index (χ4v) is 0.973. The van der Waals surface area contributed by atoms with E-state index in [1.807, 2.05) is 0 Å². The Kier molecular flexibility index (Phi) is 1.80. The molecule has 0 aromatic rings. The van der Waals surface area contributed by atoms with E-state index < -0.39 is 0 Å². The Bertz CT molecular complexity index is 68.2. The summed E-state index contributed by atoms with van der Waals surface area (Å²) in [5.74, 6) is 0. The number of thiocarbonyl (C=S) groups is 1. The molecule has 0 N–H and O–H groups in total. The number of rotatable bonds is 0. The summed E-state index contributed by atoms with van der Waals surface area (Å²) in [4.78, 5) is 1.05. The predicted molar refractivity (Wildman–Crippen MR) is 34.3 cm³/mol. The minimum absolute atomic E-state index is 1.05. The van der Waals surface area contributed by atoms with E-state index in [-0.39, 0.29) is 0 Å². The van der Waals surface area contributed by atoms with Gasteiger partial charge in [-0.25, -0.2) is 0 Å². The van der Waals surface area contributed by atoms with Crippen molar-refractivity contribution < 1.29 is 0 Å². The smallest absolute Gasteiger partial charge is 0.0238 e. The van der Waals surface area contributed by atoms with Crippen LogP contribution in [0.1, 0.15) is 25.7 Å². The van der Waals surface area contributed by atoms with E-state index in [2.05, 4.69) is 6.42 Å². The summed E-state index contributed by atoms with van der Waals surface area (Å²) >= 11 is 4.89. The Morgan fingerprint density at radius 2 is 2.29 bits per heavy atom. The van der Waals surface area contributed by atoms with Gasteiger partial charge in [0, 0.05) is 11.3 Å². The first kappa shape index (κ1) is 5.23. The van der Waals surface area contributed by atoms with Crippen molar-refractivity contribution in [3.8, 4) is 0 Å². The fourth-order valence-electron chi connectivity index (χ4n) is 0.727. The van der Waals surface area contributed by atoms with E-state index in [1.165, 1.54) is 12.8 Å². The molecule has 2 radical (unpaired) electrons. The number of hydrogen-bond donors (Lipinski definition) is 0. The molecule has 1 aliphatic carbocycles. The molecule has 0 saturated heterocycles. The van der Waals surface area contributed by atoms with Crippen molar-refractivity contribution >= 4 is 17.1 Å². The van der Waals surface area contributed by atoms with Gasteiger partial charge in [0.2, 0.25) is 0 Å². The van der Waals surface area contributed by atoms with Crippen molar-refractivity contribution in [3.63, 3.8) is 0 Å². The summed E-state index contributed by atoms with van der Waals surface area (Å²) in [5.41, 5.74) is 0. The lowest BCUT2D eigenvalue weighted by Gasteiger charge is -2.07. The maximum atomic E-state index is 4.89. The lowest BCUT2D eigenvalue weighted by Crippen LogP contribution is -2.01. The molecular formula is C6H8S. The van der Waals surface area contributed by atoms with E-state index in [1.54, 1.807) is 0 Å². The minimum Gasteiger partial charge on any atom is -0.0890 e. The predicted octanol–water partition coefficient (Wildman–Crippen LogP) is 2.01. The highest BCUT2D eigenvalue weighted by molar-refractivity contribution is 7.80. The Morgan fingerprint density at radius 1 is 1.43 bits per heavy atom. The molecule has 0 aromatic carbocycles. The third-order valence-electron chi connectivity index (χ3n) is 1.15. The molecule has 1 rings (SSSR count). The SMILES string of the molecule is S=C1[C]CCCC1. The van der Waals surface area contributed by atoms with Gasteiger partial charge in [-0.3, -0.25) is 0 Å². The van der Waals surface area contributed by atoms with Crippen LogP contribution in [0.2, 0.25) is 0 Å². The molecule has 0 spiro atoms. The average molecular weight is 112 g/mol. The van der Waals surface area contributed by atoms with Crippen LogP contribution in [0.25, 0.3) is 0 Å². The van der Waals surface area contributed by atoms with Crippen LogP contribution in [0.15, 0.2) is 0 Å². The third kappa shape index (κ3) is 1.56. The molecule has 7 heavy (non-hydrogen) atoms. The highest BCUT2D eigenvalue weighted by Gasteiger charge is 2.03. The Labute approximate surface area is 49.9 Å². The van der Waals surface area contributed by atoms with Crippen molar-refractivity contribution in [1.82, 2.24) is 0 Å². The molecule has 0 aromatic heterocycles. The molecule has 1 heteroatoms. The zero-order valence-electron chi connectivity index (χ0n) is 4.24. The zero-order chi connectivity index (χ0) is 5.11. The Morgan fingerprint density at radius 3 is 2.57 bits per heavy atom. The van der Waals surface area contributed by atoms with Gasteiger partial charge >= 0.3 is 0 Å². The minimum atomic E-state index is 1.05. The van der Waals surface area contributed by atoms with Crippen LogP contribution in [0.4, 0.5) is 0 Å². The summed E-state index contributed by atoms with van der Waals surface area (Å²) in [5, 5.41) is 0. The average Bonchev–Trinajstić information content (AvgIpc) is 1.69. The molecule has 1 aliphatic rings. The van der Waals surface area contributed by atoms with Gasteiger partial charge < -0.3 is 0 Å². The first-order valence-electron chi connectivity index (χ1n) is 2.66. The van der Waals surface area contributed by atoms with Gasteiger partial charge in [-0.1, -0.05) is 18.6 Å². The summed E-state index contributed by atoms with van der Waals surface area (Å²) < 4.78 is 0. The normalized spacial score (nSPS) is 22.6. The molecule has 0 bridgehead atoms. The van der Waals surface area contributed by atoms with Crippen LogP contribution in [0.5, 0.6) is 0 Å². The van der Waals surface area contributed by atoms with Crippen LogP contribution < -0.4 is 0 Å². The van der Waals surface area contributed by atoms with E-state index in [4.69, 9.17) is 12.2 Å². The molecule has 0 atom stereocenters. The van der Waals surface area contributed by atoms with Crippen LogP contribution in [0.3, 0.4) is 0 Å². The van der Waals surface area contributed by atoms with E-state index in [0.29, 0.717) is 0 Å². The van der Waals surface area contributed by atoms with Gasteiger partial charge in [-0.15, -0.1) is 0 Å². The summed E-state index contributed by atoms with van der Waals surface area (Å²) in [6.45, 7) is 0. The molecule has 0 unspecified atom stereocenters. The molecule has 1 fully saturated rings. The van der Waals surface area contributed by atoms with Gasteiger partial charge in [0.25, 0.3) is 0 Å². The maximum absolute atomic E-state index is 4.89. The van der Waals surface area contributed by atoms with E-state index in [0.717, 1.165) is 17.7 Å². The summed E-state index contributed by atoms with van der Waals surface area (Å²) in [6, 6.07) is 0. The lowest BCUT2D eigenvalue weighted by atomic mass is 10.0. The molecule has 0 nitrogen and oxygen atoms in total. The monoisotopic (exact) mass is 112 g/mol. The Balaban J connectivity index is 2.25. The standard InChI is InChI=1S/C6H8S/c7-6-4-2-1-3-5-6/h1-4H2. The second kappa shape index (κ2) is 2.41. The van der Waals surface area contributed by atoms with Crippen molar-refractivity contribution in [2.24, 2.45) is 0 Å². The molecule has 0 heterocycles. The molecule has 0 aliphatic heterocycles. The van der Waals surface area contributed by atoms with Gasteiger partial charge in [0.15, 0.2) is 0 Å². The molecular weight excluding hydrogens is 104 g/mol. The summed E-state index contributed by atoms with van der Waals surface area (Å²) in [6.07, 6.45) is 7.89. The van der Waals surface area contributed by atoms with Crippen molar-refractivity contribution in [3.05, 3.63) is 6.42 Å². The van der Waals surface area contributed by atoms with Gasteiger partial charge in [0.05, 0.1) is 0 Å². The quantitative estimate of drug-likeness (QED) is 0.432. The van der Waals surface area contributed by atoms with Crippen LogP contribution in [-0.4, -0.2) is 4.86 Å². The van der Waals surface area contributed by atoms with Gasteiger partial charge in [-0.2, -0.15) is 0 Å². The van der Waals surface area contributed by atoms with Gasteiger partial charge in [-0.05, 0) is 19.3 Å². The molecule has 38 valence electrons. The fraction of sp³-hybridized carbons (Fsp3) is 0.667. The highest BCUT2D eigenvalue weighted by Crippen LogP contribution is 2.12. The van der Waals surface area contributed by atoms with Crippen LogP contribution >= 0.6 is 12.2 Å². The first-order chi connectivity index (χ1) is 3.39. The molecule has 1 saturated carbocycles.